The van der Waals surface area contributed by atoms with Crippen molar-refractivity contribution in [3.8, 4) is 11.1 Å². The lowest BCUT2D eigenvalue weighted by Crippen LogP contribution is -2.47. The van der Waals surface area contributed by atoms with Crippen molar-refractivity contribution in [1.82, 2.24) is 0 Å². The molecule has 246 valence electrons. The summed E-state index contributed by atoms with van der Waals surface area (Å²) >= 11 is 0. The predicted molar refractivity (Wildman–Crippen MR) is 212 cm³/mol. The van der Waals surface area contributed by atoms with E-state index in [4.69, 9.17) is 0 Å². The molecule has 9 rings (SSSR count). The standard InChI is InChI=1S/C48H44N2/c1-31-27-32(2)29-37(28-31)49(35-23-21-34(22-24-35)39-16-11-14-33-13-7-8-15-38(33)39)36-25-26-45-43(30-36)48(5,6)42-19-12-18-41-46(42)50(45)44-20-10-9-17-40(44)47(41,3)4/h7-18,20-30,42H,19H2,1-6H3. The molecule has 0 N–H and O–H groups in total. The van der Waals surface area contributed by atoms with E-state index in [1.807, 2.05) is 0 Å². The number of fused-ring (bicyclic) bond motifs is 5. The molecule has 0 saturated carbocycles. The lowest BCUT2D eigenvalue weighted by Gasteiger charge is -2.54. The van der Waals surface area contributed by atoms with Gasteiger partial charge in [0.1, 0.15) is 0 Å². The Hall–Kier alpha value is -5.34. The van der Waals surface area contributed by atoms with Crippen molar-refractivity contribution in [3.05, 3.63) is 173 Å². The van der Waals surface area contributed by atoms with Gasteiger partial charge in [-0.2, -0.15) is 0 Å². The van der Waals surface area contributed by atoms with Crippen LogP contribution in [0.3, 0.4) is 0 Å². The Bertz CT molecular complexity index is 2360. The van der Waals surface area contributed by atoms with Gasteiger partial charge in [-0.1, -0.05) is 119 Å². The third kappa shape index (κ3) is 4.54. The summed E-state index contributed by atoms with van der Waals surface area (Å²) in [6.45, 7) is 14.1. The van der Waals surface area contributed by atoms with Gasteiger partial charge in [-0.15, -0.1) is 0 Å². The number of hydrogen-bond acceptors (Lipinski definition) is 2. The number of rotatable bonds is 4. The summed E-state index contributed by atoms with van der Waals surface area (Å²) in [7, 11) is 0. The molecule has 1 unspecified atom stereocenters. The molecule has 3 aliphatic rings. The second-order valence-corrected chi connectivity index (χ2v) is 15.6. The number of aryl methyl sites for hydroxylation is 2. The summed E-state index contributed by atoms with van der Waals surface area (Å²) in [5, 5.41) is 2.55. The van der Waals surface area contributed by atoms with Gasteiger partial charge in [0.2, 0.25) is 0 Å². The van der Waals surface area contributed by atoms with Gasteiger partial charge in [-0.05, 0) is 119 Å². The Morgan fingerprint density at radius 3 is 2.10 bits per heavy atom. The number of nitrogens with zero attached hydrogens (tertiary/aromatic N) is 2. The molecule has 50 heavy (non-hydrogen) atoms. The Balaban J connectivity index is 1.22. The highest BCUT2D eigenvalue weighted by molar-refractivity contribution is 5.97. The Morgan fingerprint density at radius 1 is 0.620 bits per heavy atom. The van der Waals surface area contributed by atoms with Gasteiger partial charge in [-0.25, -0.2) is 0 Å². The maximum atomic E-state index is 2.61. The highest BCUT2D eigenvalue weighted by atomic mass is 15.2. The lowest BCUT2D eigenvalue weighted by molar-refractivity contribution is 0.339. The minimum absolute atomic E-state index is 0.0524. The van der Waals surface area contributed by atoms with Crippen molar-refractivity contribution < 1.29 is 0 Å². The molecular formula is C48H44N2. The molecule has 2 heteroatoms. The average molecular weight is 649 g/mol. The first-order chi connectivity index (χ1) is 24.1. The largest absolute Gasteiger partial charge is 0.313 e. The molecule has 0 amide bonds. The van der Waals surface area contributed by atoms with E-state index in [9.17, 15) is 0 Å². The molecule has 1 aliphatic carbocycles. The first-order valence-corrected chi connectivity index (χ1v) is 18.0. The monoisotopic (exact) mass is 648 g/mol. The quantitative estimate of drug-likeness (QED) is 0.188. The van der Waals surface area contributed by atoms with Gasteiger partial charge in [0.15, 0.2) is 0 Å². The van der Waals surface area contributed by atoms with Crippen LogP contribution in [-0.2, 0) is 10.8 Å². The minimum atomic E-state index is -0.0675. The van der Waals surface area contributed by atoms with E-state index in [1.165, 1.54) is 78.2 Å². The van der Waals surface area contributed by atoms with Gasteiger partial charge in [0.25, 0.3) is 0 Å². The van der Waals surface area contributed by atoms with E-state index in [2.05, 4.69) is 191 Å². The zero-order valence-electron chi connectivity index (χ0n) is 30.0. The summed E-state index contributed by atoms with van der Waals surface area (Å²) in [6, 6.07) is 47.6. The number of anilines is 5. The van der Waals surface area contributed by atoms with Crippen LogP contribution in [0.4, 0.5) is 28.4 Å². The molecule has 6 aromatic carbocycles. The van der Waals surface area contributed by atoms with Gasteiger partial charge in [0.05, 0.1) is 0 Å². The summed E-state index contributed by atoms with van der Waals surface area (Å²) < 4.78 is 0. The summed E-state index contributed by atoms with van der Waals surface area (Å²) in [4.78, 5) is 5.06. The second kappa shape index (κ2) is 11.1. The van der Waals surface area contributed by atoms with Crippen molar-refractivity contribution >= 4 is 39.2 Å². The van der Waals surface area contributed by atoms with Crippen LogP contribution in [0, 0.1) is 19.8 Å². The van der Waals surface area contributed by atoms with E-state index in [1.54, 1.807) is 0 Å². The fourth-order valence-electron chi connectivity index (χ4n) is 9.24. The van der Waals surface area contributed by atoms with Crippen LogP contribution in [0.25, 0.3) is 21.9 Å². The number of hydrogen-bond donors (Lipinski definition) is 0. The van der Waals surface area contributed by atoms with Gasteiger partial charge < -0.3 is 9.80 Å². The molecule has 0 bridgehead atoms. The number of para-hydroxylation sites is 1. The molecule has 0 spiro atoms. The van der Waals surface area contributed by atoms with Gasteiger partial charge in [0, 0.05) is 50.9 Å². The smallest absolute Gasteiger partial charge is 0.0499 e. The first kappa shape index (κ1) is 30.7. The van der Waals surface area contributed by atoms with Crippen molar-refractivity contribution in [3.63, 3.8) is 0 Å². The topological polar surface area (TPSA) is 6.48 Å². The summed E-state index contributed by atoms with van der Waals surface area (Å²) in [5.41, 5.74) is 16.8. The molecule has 2 aliphatic heterocycles. The van der Waals surface area contributed by atoms with Crippen molar-refractivity contribution in [1.29, 1.82) is 0 Å². The van der Waals surface area contributed by atoms with E-state index in [0.717, 1.165) is 12.1 Å². The average Bonchev–Trinajstić information content (AvgIpc) is 3.11. The molecular weight excluding hydrogens is 605 g/mol. The molecule has 0 saturated heterocycles. The molecule has 0 radical (unpaired) electrons. The van der Waals surface area contributed by atoms with Crippen LogP contribution in [0.5, 0.6) is 0 Å². The third-order valence-corrected chi connectivity index (χ3v) is 11.7. The fourth-order valence-corrected chi connectivity index (χ4v) is 9.24. The van der Waals surface area contributed by atoms with E-state index in [-0.39, 0.29) is 10.8 Å². The van der Waals surface area contributed by atoms with E-state index >= 15 is 0 Å². The number of allylic oxidation sites excluding steroid dienone is 4. The van der Waals surface area contributed by atoms with Gasteiger partial charge >= 0.3 is 0 Å². The van der Waals surface area contributed by atoms with E-state index in [0.29, 0.717) is 5.92 Å². The highest BCUT2D eigenvalue weighted by Gasteiger charge is 2.50. The zero-order chi connectivity index (χ0) is 34.4. The summed E-state index contributed by atoms with van der Waals surface area (Å²) in [6.07, 6.45) is 5.88. The second-order valence-electron chi connectivity index (χ2n) is 15.6. The van der Waals surface area contributed by atoms with Crippen LogP contribution < -0.4 is 9.80 Å². The predicted octanol–water partition coefficient (Wildman–Crippen LogP) is 13.1. The fraction of sp³-hybridized carbons (Fsp3) is 0.208. The van der Waals surface area contributed by atoms with Crippen LogP contribution in [0.15, 0.2) is 151 Å². The Kier molecular flexibility index (Phi) is 6.81. The maximum absolute atomic E-state index is 2.61. The Labute approximate surface area is 297 Å². The van der Waals surface area contributed by atoms with Crippen molar-refractivity contribution in [2.75, 3.05) is 9.80 Å². The lowest BCUT2D eigenvalue weighted by atomic mass is 9.60. The normalized spacial score (nSPS) is 18.0. The molecule has 2 nitrogen and oxygen atoms in total. The van der Waals surface area contributed by atoms with Crippen LogP contribution in [0.1, 0.15) is 56.4 Å². The number of benzene rings is 6. The highest BCUT2D eigenvalue weighted by Crippen LogP contribution is 2.60. The van der Waals surface area contributed by atoms with Crippen LogP contribution >= 0.6 is 0 Å². The molecule has 1 atom stereocenters. The Morgan fingerprint density at radius 2 is 1.30 bits per heavy atom. The molecule has 2 heterocycles. The third-order valence-electron chi connectivity index (χ3n) is 11.7. The molecule has 0 aromatic heterocycles. The van der Waals surface area contributed by atoms with E-state index < -0.39 is 0 Å². The SMILES string of the molecule is Cc1cc(C)cc(N(c2ccc(-c3cccc4ccccc34)cc2)c2ccc3c(c2)C(C)(C)C2CC=CC4=C2N3c2ccccc2C4(C)C)c1. The maximum Gasteiger partial charge on any atom is 0.0499 e. The first-order valence-electron chi connectivity index (χ1n) is 18.0. The minimum Gasteiger partial charge on any atom is -0.313 e. The van der Waals surface area contributed by atoms with Crippen molar-refractivity contribution in [2.24, 2.45) is 5.92 Å². The molecule has 0 fully saturated rings. The van der Waals surface area contributed by atoms with Crippen LogP contribution in [0.2, 0.25) is 0 Å². The zero-order valence-corrected chi connectivity index (χ0v) is 30.0. The van der Waals surface area contributed by atoms with Gasteiger partial charge in [-0.3, -0.25) is 0 Å². The summed E-state index contributed by atoms with van der Waals surface area (Å²) in [5.74, 6) is 0.382. The molecule has 6 aromatic rings. The van der Waals surface area contributed by atoms with Crippen LogP contribution in [-0.4, -0.2) is 0 Å². The van der Waals surface area contributed by atoms with Crippen molar-refractivity contribution in [2.45, 2.75) is 58.8 Å².